The van der Waals surface area contributed by atoms with Gasteiger partial charge in [0.1, 0.15) is 0 Å². The van der Waals surface area contributed by atoms with Gasteiger partial charge >= 0.3 is 0 Å². The molecule has 0 amide bonds. The van der Waals surface area contributed by atoms with E-state index in [9.17, 15) is 0 Å². The lowest BCUT2D eigenvalue weighted by molar-refractivity contribution is 0.203. The molecule has 0 spiro atoms. The van der Waals surface area contributed by atoms with Crippen molar-refractivity contribution in [2.24, 2.45) is 10.9 Å². The molecule has 4 nitrogen and oxygen atoms in total. The van der Waals surface area contributed by atoms with E-state index in [0.29, 0.717) is 5.92 Å². The second-order valence-corrected chi connectivity index (χ2v) is 6.59. The monoisotopic (exact) mass is 428 g/mol. The third-order valence-electron chi connectivity index (χ3n) is 3.52. The second kappa shape index (κ2) is 13.9. The summed E-state index contributed by atoms with van der Waals surface area (Å²) in [5, 5.41) is 6.70. The molecule has 0 bridgehead atoms. The predicted octanol–water partition coefficient (Wildman–Crippen LogP) is 2.64. The number of hydrogen-bond acceptors (Lipinski definition) is 3. The number of rotatable bonds is 8. The smallest absolute Gasteiger partial charge is 0.191 e. The first-order valence-corrected chi connectivity index (χ1v) is 9.39. The van der Waals surface area contributed by atoms with Crippen molar-refractivity contribution in [1.29, 1.82) is 0 Å². The average Bonchev–Trinajstić information content (AvgIpc) is 2.46. The van der Waals surface area contributed by atoms with Gasteiger partial charge in [-0.2, -0.15) is 11.8 Å². The topological polar surface area (TPSA) is 39.7 Å². The summed E-state index contributed by atoms with van der Waals surface area (Å²) in [4.78, 5) is 7.30. The molecular formula is C15H33IN4S. The summed E-state index contributed by atoms with van der Waals surface area (Å²) < 4.78 is 0. The number of thioether (sulfide) groups is 1. The molecule has 0 aliphatic carbocycles. The van der Waals surface area contributed by atoms with E-state index in [1.807, 2.05) is 11.8 Å². The van der Waals surface area contributed by atoms with Gasteiger partial charge in [-0.25, -0.2) is 0 Å². The minimum Gasteiger partial charge on any atom is -0.357 e. The third-order valence-corrected chi connectivity index (χ3v) is 4.13. The van der Waals surface area contributed by atoms with E-state index in [2.05, 4.69) is 35.6 Å². The lowest BCUT2D eigenvalue weighted by Crippen LogP contribution is -2.39. The molecule has 1 heterocycles. The molecule has 1 fully saturated rings. The Bertz CT molecular complexity index is 270. The van der Waals surface area contributed by atoms with Gasteiger partial charge in [0.05, 0.1) is 0 Å². The first kappa shape index (κ1) is 21.3. The number of piperidine rings is 1. The van der Waals surface area contributed by atoms with Crippen molar-refractivity contribution in [3.05, 3.63) is 0 Å². The van der Waals surface area contributed by atoms with Gasteiger partial charge in [-0.15, -0.1) is 24.0 Å². The molecule has 1 rings (SSSR count). The van der Waals surface area contributed by atoms with Crippen LogP contribution in [0.25, 0.3) is 0 Å². The normalized spacial score (nSPS) is 18.0. The fourth-order valence-corrected chi connectivity index (χ4v) is 2.81. The molecule has 1 unspecified atom stereocenters. The molecule has 1 atom stereocenters. The van der Waals surface area contributed by atoms with Gasteiger partial charge in [-0.05, 0) is 45.0 Å². The molecule has 0 radical (unpaired) electrons. The van der Waals surface area contributed by atoms with Crippen LogP contribution >= 0.6 is 35.7 Å². The van der Waals surface area contributed by atoms with Crippen molar-refractivity contribution < 1.29 is 0 Å². The fourth-order valence-electron chi connectivity index (χ4n) is 2.50. The molecule has 0 saturated carbocycles. The summed E-state index contributed by atoms with van der Waals surface area (Å²) in [5.74, 6) is 2.71. The van der Waals surface area contributed by atoms with Crippen LogP contribution in [0.2, 0.25) is 0 Å². The highest BCUT2D eigenvalue weighted by atomic mass is 127. The standard InChI is InChI=1S/C15H32N4S.HI/c1-4-16-15(17-8-11-20-3)18-12-14(2)13-19-9-6-5-7-10-19;/h14H,4-13H2,1-3H3,(H2,16,17,18);1H. The summed E-state index contributed by atoms with van der Waals surface area (Å²) in [6.45, 7) is 11.0. The summed E-state index contributed by atoms with van der Waals surface area (Å²) in [5.41, 5.74) is 0. The number of nitrogens with zero attached hydrogens (tertiary/aromatic N) is 2. The Hall–Kier alpha value is 0.310. The van der Waals surface area contributed by atoms with E-state index < -0.39 is 0 Å². The van der Waals surface area contributed by atoms with E-state index in [4.69, 9.17) is 4.99 Å². The molecule has 1 saturated heterocycles. The van der Waals surface area contributed by atoms with Crippen LogP contribution in [-0.4, -0.2) is 62.1 Å². The van der Waals surface area contributed by atoms with E-state index in [0.717, 1.165) is 31.3 Å². The zero-order chi connectivity index (χ0) is 14.6. The third kappa shape index (κ3) is 10.6. The molecule has 1 aliphatic rings. The predicted molar refractivity (Wildman–Crippen MR) is 107 cm³/mol. The number of hydrogen-bond donors (Lipinski definition) is 2. The van der Waals surface area contributed by atoms with Crippen LogP contribution in [0.3, 0.4) is 0 Å². The van der Waals surface area contributed by atoms with E-state index in [1.54, 1.807) is 0 Å². The van der Waals surface area contributed by atoms with Gasteiger partial charge < -0.3 is 15.5 Å². The van der Waals surface area contributed by atoms with Gasteiger partial charge in [-0.3, -0.25) is 4.99 Å². The van der Waals surface area contributed by atoms with E-state index >= 15 is 0 Å². The zero-order valence-corrected chi connectivity index (χ0v) is 17.0. The Balaban J connectivity index is 0.00000400. The summed E-state index contributed by atoms with van der Waals surface area (Å²) in [6, 6.07) is 0. The molecule has 0 aromatic carbocycles. The maximum atomic E-state index is 4.71. The molecule has 0 aromatic rings. The quantitative estimate of drug-likeness (QED) is 0.270. The first-order chi connectivity index (χ1) is 9.76. The van der Waals surface area contributed by atoms with Gasteiger partial charge in [-0.1, -0.05) is 13.3 Å². The first-order valence-electron chi connectivity index (χ1n) is 7.99. The van der Waals surface area contributed by atoms with Gasteiger partial charge in [0.25, 0.3) is 0 Å². The van der Waals surface area contributed by atoms with Crippen molar-refractivity contribution in [2.75, 3.05) is 51.3 Å². The minimum atomic E-state index is 0. The van der Waals surface area contributed by atoms with Gasteiger partial charge in [0, 0.05) is 31.9 Å². The van der Waals surface area contributed by atoms with Crippen LogP contribution in [-0.2, 0) is 0 Å². The maximum Gasteiger partial charge on any atom is 0.191 e. The van der Waals surface area contributed by atoms with Crippen molar-refractivity contribution in [3.63, 3.8) is 0 Å². The van der Waals surface area contributed by atoms with Crippen LogP contribution in [0.1, 0.15) is 33.1 Å². The Labute approximate surface area is 152 Å². The highest BCUT2D eigenvalue weighted by molar-refractivity contribution is 14.0. The highest BCUT2D eigenvalue weighted by Crippen LogP contribution is 2.10. The maximum absolute atomic E-state index is 4.71. The van der Waals surface area contributed by atoms with Crippen LogP contribution in [0.5, 0.6) is 0 Å². The van der Waals surface area contributed by atoms with Crippen molar-refractivity contribution in [1.82, 2.24) is 15.5 Å². The second-order valence-electron chi connectivity index (χ2n) is 5.61. The number of halogens is 1. The molecular weight excluding hydrogens is 395 g/mol. The Morgan fingerprint density at radius 1 is 1.24 bits per heavy atom. The fraction of sp³-hybridized carbons (Fsp3) is 0.933. The minimum absolute atomic E-state index is 0. The molecule has 0 aromatic heterocycles. The number of aliphatic imine (C=N–C) groups is 1. The number of guanidine groups is 1. The zero-order valence-electron chi connectivity index (χ0n) is 13.9. The van der Waals surface area contributed by atoms with Gasteiger partial charge in [0.15, 0.2) is 5.96 Å². The van der Waals surface area contributed by atoms with Crippen molar-refractivity contribution in [2.45, 2.75) is 33.1 Å². The Kier molecular flexibility index (Phi) is 14.1. The summed E-state index contributed by atoms with van der Waals surface area (Å²) in [7, 11) is 0. The molecule has 126 valence electrons. The molecule has 1 aliphatic heterocycles. The van der Waals surface area contributed by atoms with E-state index in [1.165, 1.54) is 38.9 Å². The van der Waals surface area contributed by atoms with Crippen LogP contribution in [0.4, 0.5) is 0 Å². The Morgan fingerprint density at radius 2 is 1.95 bits per heavy atom. The summed E-state index contributed by atoms with van der Waals surface area (Å²) in [6.07, 6.45) is 6.28. The van der Waals surface area contributed by atoms with Crippen LogP contribution < -0.4 is 10.6 Å². The number of likely N-dealkylation sites (tertiary alicyclic amines) is 1. The lowest BCUT2D eigenvalue weighted by Gasteiger charge is -2.28. The van der Waals surface area contributed by atoms with E-state index in [-0.39, 0.29) is 24.0 Å². The SMILES string of the molecule is CCNC(=NCC(C)CN1CCCCC1)NCCSC.I. The lowest BCUT2D eigenvalue weighted by atomic mass is 10.1. The highest BCUT2D eigenvalue weighted by Gasteiger charge is 2.13. The molecule has 21 heavy (non-hydrogen) atoms. The number of nitrogens with one attached hydrogen (secondary N) is 2. The summed E-state index contributed by atoms with van der Waals surface area (Å²) >= 11 is 1.86. The van der Waals surface area contributed by atoms with Crippen LogP contribution in [0.15, 0.2) is 4.99 Å². The largest absolute Gasteiger partial charge is 0.357 e. The molecule has 2 N–H and O–H groups in total. The molecule has 6 heteroatoms. The average molecular weight is 428 g/mol. The van der Waals surface area contributed by atoms with Gasteiger partial charge in [0.2, 0.25) is 0 Å². The van der Waals surface area contributed by atoms with Crippen molar-refractivity contribution >= 4 is 41.7 Å². The van der Waals surface area contributed by atoms with Crippen molar-refractivity contribution in [3.8, 4) is 0 Å². The Morgan fingerprint density at radius 3 is 2.57 bits per heavy atom. The van der Waals surface area contributed by atoms with Crippen LogP contribution in [0, 0.1) is 5.92 Å².